The quantitative estimate of drug-likeness (QED) is 0.623. The molecule has 0 aliphatic rings. The van der Waals surface area contributed by atoms with Crippen molar-refractivity contribution in [3.63, 3.8) is 0 Å². The van der Waals surface area contributed by atoms with Crippen LogP contribution in [0.1, 0.15) is 37.6 Å². The van der Waals surface area contributed by atoms with E-state index < -0.39 is 0 Å². The summed E-state index contributed by atoms with van der Waals surface area (Å²) >= 11 is 0. The van der Waals surface area contributed by atoms with Gasteiger partial charge in [-0.2, -0.15) is 0 Å². The third kappa shape index (κ3) is 1.55. The summed E-state index contributed by atoms with van der Waals surface area (Å²) in [5, 5.41) is 1.40. The molecule has 0 amide bonds. The van der Waals surface area contributed by atoms with Gasteiger partial charge in [0.15, 0.2) is 0 Å². The molecule has 0 atom stereocenters. The average Bonchev–Trinajstić information content (AvgIpc) is 2.38. The Kier molecular flexibility index (Phi) is 2.37. The monoisotopic (exact) mass is 215 g/mol. The van der Waals surface area contributed by atoms with Crippen molar-refractivity contribution in [3.05, 3.63) is 35.0 Å². The number of aromatic nitrogens is 1. The van der Waals surface area contributed by atoms with Crippen molar-refractivity contribution in [3.8, 4) is 0 Å². The summed E-state index contributed by atoms with van der Waals surface area (Å²) in [6.07, 6.45) is 0. The number of hydrogen-bond acceptors (Lipinski definition) is 0. The lowest BCUT2D eigenvalue weighted by Gasteiger charge is -2.21. The summed E-state index contributed by atoms with van der Waals surface area (Å²) in [7, 11) is 2.17. The van der Waals surface area contributed by atoms with Crippen molar-refractivity contribution in [2.45, 2.75) is 40.0 Å². The Balaban J connectivity index is 2.87. The largest absolute Gasteiger partial charge is 0.347 e. The molecule has 1 aromatic carbocycles. The molecule has 86 valence electrons. The average molecular weight is 215 g/mol. The Labute approximate surface area is 98.1 Å². The van der Waals surface area contributed by atoms with Crippen LogP contribution in [0.4, 0.5) is 0 Å². The van der Waals surface area contributed by atoms with Crippen LogP contribution in [0, 0.1) is 13.8 Å². The topological polar surface area (TPSA) is 4.93 Å². The lowest BCUT2D eigenvalue weighted by atomic mass is 9.89. The summed E-state index contributed by atoms with van der Waals surface area (Å²) in [6, 6.07) is 6.71. The Morgan fingerprint density at radius 1 is 1.06 bits per heavy atom. The Bertz CT molecular complexity index is 539. The summed E-state index contributed by atoms with van der Waals surface area (Å²) in [5.74, 6) is 0. The van der Waals surface area contributed by atoms with Crippen LogP contribution in [0.5, 0.6) is 0 Å². The van der Waals surface area contributed by atoms with Gasteiger partial charge in [-0.1, -0.05) is 32.4 Å². The fourth-order valence-corrected chi connectivity index (χ4v) is 2.81. The second-order valence-electron chi connectivity index (χ2n) is 5.80. The van der Waals surface area contributed by atoms with E-state index in [2.05, 4.69) is 64.4 Å². The van der Waals surface area contributed by atoms with Gasteiger partial charge in [-0.15, -0.1) is 0 Å². The smallest absolute Gasteiger partial charge is 0.0483 e. The zero-order chi connectivity index (χ0) is 12.1. The summed E-state index contributed by atoms with van der Waals surface area (Å²) < 4.78 is 2.34. The van der Waals surface area contributed by atoms with Crippen molar-refractivity contribution in [2.75, 3.05) is 0 Å². The minimum atomic E-state index is 0.200. The van der Waals surface area contributed by atoms with Gasteiger partial charge >= 0.3 is 0 Å². The zero-order valence-electron chi connectivity index (χ0n) is 11.2. The molecular weight excluding hydrogens is 194 g/mol. The fraction of sp³-hybridized carbons (Fsp3) is 0.467. The van der Waals surface area contributed by atoms with Gasteiger partial charge in [0.25, 0.3) is 0 Å². The van der Waals surface area contributed by atoms with Crippen LogP contribution in [0.3, 0.4) is 0 Å². The van der Waals surface area contributed by atoms with Crippen LogP contribution in [-0.2, 0) is 12.5 Å². The van der Waals surface area contributed by atoms with Crippen LogP contribution in [0.2, 0.25) is 0 Å². The van der Waals surface area contributed by atoms with E-state index in [0.29, 0.717) is 0 Å². The van der Waals surface area contributed by atoms with Crippen LogP contribution in [-0.4, -0.2) is 4.57 Å². The van der Waals surface area contributed by atoms with Crippen molar-refractivity contribution in [1.82, 2.24) is 4.57 Å². The molecule has 0 unspecified atom stereocenters. The first-order valence-corrected chi connectivity index (χ1v) is 5.88. The van der Waals surface area contributed by atoms with E-state index in [1.165, 1.54) is 27.7 Å². The highest BCUT2D eigenvalue weighted by Gasteiger charge is 2.22. The number of nitrogens with zero attached hydrogens (tertiary/aromatic N) is 1. The molecular formula is C15H21N. The maximum absolute atomic E-state index is 2.34. The first kappa shape index (κ1) is 11.3. The van der Waals surface area contributed by atoms with Gasteiger partial charge in [0, 0.05) is 29.1 Å². The van der Waals surface area contributed by atoms with Crippen molar-refractivity contribution in [2.24, 2.45) is 7.05 Å². The van der Waals surface area contributed by atoms with Gasteiger partial charge < -0.3 is 4.57 Å². The minimum Gasteiger partial charge on any atom is -0.347 e. The molecule has 1 heteroatoms. The fourth-order valence-electron chi connectivity index (χ4n) is 2.81. The van der Waals surface area contributed by atoms with Gasteiger partial charge in [0.2, 0.25) is 0 Å². The van der Waals surface area contributed by atoms with Gasteiger partial charge in [-0.05, 0) is 31.5 Å². The Morgan fingerprint density at radius 2 is 1.69 bits per heavy atom. The molecule has 0 saturated carbocycles. The lowest BCUT2D eigenvalue weighted by molar-refractivity contribution is 0.543. The molecule has 0 fully saturated rings. The molecule has 2 rings (SSSR count). The number of hydrogen-bond donors (Lipinski definition) is 0. The number of aryl methyl sites for hydroxylation is 3. The summed E-state index contributed by atoms with van der Waals surface area (Å²) in [6.45, 7) is 11.2. The molecule has 0 bridgehead atoms. The molecule has 1 aromatic heterocycles. The standard InChI is InChI=1S/C15H21N/c1-10-7-8-13-12(9-10)11(2)14(16(13)6)15(3,4)5/h7-9H,1-6H3. The highest BCUT2D eigenvalue weighted by Crippen LogP contribution is 2.33. The molecule has 1 nitrogen and oxygen atoms in total. The van der Waals surface area contributed by atoms with E-state index in [4.69, 9.17) is 0 Å². The molecule has 0 aliphatic carbocycles. The maximum atomic E-state index is 2.34. The zero-order valence-corrected chi connectivity index (χ0v) is 11.2. The van der Waals surface area contributed by atoms with E-state index >= 15 is 0 Å². The lowest BCUT2D eigenvalue weighted by Crippen LogP contribution is -2.17. The molecule has 0 radical (unpaired) electrons. The molecule has 0 saturated heterocycles. The highest BCUT2D eigenvalue weighted by atomic mass is 15.0. The number of benzene rings is 1. The number of rotatable bonds is 0. The maximum Gasteiger partial charge on any atom is 0.0483 e. The SMILES string of the molecule is Cc1ccc2c(c1)c(C)c(C(C)(C)C)n2C. The second-order valence-corrected chi connectivity index (χ2v) is 5.80. The highest BCUT2D eigenvalue weighted by molar-refractivity contribution is 5.86. The predicted octanol–water partition coefficient (Wildman–Crippen LogP) is 4.09. The molecule has 16 heavy (non-hydrogen) atoms. The van der Waals surface area contributed by atoms with Gasteiger partial charge in [0.1, 0.15) is 0 Å². The van der Waals surface area contributed by atoms with Crippen molar-refractivity contribution >= 4 is 10.9 Å². The normalized spacial score (nSPS) is 12.4. The van der Waals surface area contributed by atoms with E-state index in [1.807, 2.05) is 0 Å². The summed E-state index contributed by atoms with van der Waals surface area (Å²) in [5.41, 5.74) is 5.74. The summed E-state index contributed by atoms with van der Waals surface area (Å²) in [4.78, 5) is 0. The Hall–Kier alpha value is -1.24. The van der Waals surface area contributed by atoms with Crippen LogP contribution in [0.15, 0.2) is 18.2 Å². The van der Waals surface area contributed by atoms with Crippen LogP contribution < -0.4 is 0 Å². The van der Waals surface area contributed by atoms with Crippen molar-refractivity contribution in [1.29, 1.82) is 0 Å². The molecule has 1 heterocycles. The van der Waals surface area contributed by atoms with Gasteiger partial charge in [0.05, 0.1) is 0 Å². The van der Waals surface area contributed by atoms with E-state index in [-0.39, 0.29) is 5.41 Å². The van der Waals surface area contributed by atoms with Crippen LogP contribution >= 0.6 is 0 Å². The van der Waals surface area contributed by atoms with E-state index in [1.54, 1.807) is 0 Å². The molecule has 0 aliphatic heterocycles. The Morgan fingerprint density at radius 3 is 2.25 bits per heavy atom. The second kappa shape index (κ2) is 3.38. The first-order valence-electron chi connectivity index (χ1n) is 5.88. The third-order valence-corrected chi connectivity index (χ3v) is 3.32. The van der Waals surface area contributed by atoms with Gasteiger partial charge in [-0.25, -0.2) is 0 Å². The van der Waals surface area contributed by atoms with E-state index in [0.717, 1.165) is 0 Å². The van der Waals surface area contributed by atoms with E-state index in [9.17, 15) is 0 Å². The molecule has 0 spiro atoms. The third-order valence-electron chi connectivity index (χ3n) is 3.32. The predicted molar refractivity (Wildman–Crippen MR) is 71.1 cm³/mol. The number of fused-ring (bicyclic) bond motifs is 1. The van der Waals surface area contributed by atoms with Crippen molar-refractivity contribution < 1.29 is 0 Å². The van der Waals surface area contributed by atoms with Crippen LogP contribution in [0.25, 0.3) is 10.9 Å². The van der Waals surface area contributed by atoms with Gasteiger partial charge in [-0.3, -0.25) is 0 Å². The molecule has 2 aromatic rings. The minimum absolute atomic E-state index is 0.200. The molecule has 0 N–H and O–H groups in total. The first-order chi connectivity index (χ1) is 7.32.